The molecule has 0 radical (unpaired) electrons. The number of hydrogen-bond acceptors (Lipinski definition) is 6. The van der Waals surface area contributed by atoms with Crippen molar-refractivity contribution in [3.05, 3.63) is 0 Å². The molecule has 0 saturated carbocycles. The van der Waals surface area contributed by atoms with Crippen LogP contribution in [0, 0.1) is 0 Å². The molecule has 3 aliphatic heterocycles. The molecular formula is C12H19BrO6. The van der Waals surface area contributed by atoms with Gasteiger partial charge >= 0.3 is 0 Å². The predicted octanol–water partition coefficient (Wildman–Crippen LogP) is 1.71. The Morgan fingerprint density at radius 1 is 0.895 bits per heavy atom. The molecule has 3 saturated heterocycles. The third-order valence-corrected chi connectivity index (χ3v) is 3.74. The third kappa shape index (κ3) is 2.57. The molecule has 5 atom stereocenters. The minimum atomic E-state index is -0.680. The highest BCUT2D eigenvalue weighted by Crippen LogP contribution is 2.44. The molecule has 3 rings (SSSR count). The predicted molar refractivity (Wildman–Crippen MR) is 67.4 cm³/mol. The van der Waals surface area contributed by atoms with Gasteiger partial charge in [0.1, 0.15) is 24.4 Å². The molecule has 0 bridgehead atoms. The van der Waals surface area contributed by atoms with Crippen LogP contribution >= 0.6 is 16.3 Å². The standard InChI is InChI=1S/C12H19BrO6/c1-11(2)16-7-6(5-14-13)15-10-9(8(7)17-11)18-12(3,4)19-10/h6-10H,5H2,1-4H3/t6-,7+,8?,9-,10?/m0/s1. The summed E-state index contributed by atoms with van der Waals surface area (Å²) in [5, 5.41) is 0. The Bertz CT molecular complexity index is 360. The molecule has 19 heavy (non-hydrogen) atoms. The summed E-state index contributed by atoms with van der Waals surface area (Å²) in [4.78, 5) is 0. The first-order valence-corrected chi connectivity index (χ1v) is 7.06. The molecule has 0 aromatic heterocycles. The zero-order valence-electron chi connectivity index (χ0n) is 11.4. The summed E-state index contributed by atoms with van der Waals surface area (Å²) in [5.41, 5.74) is 0. The van der Waals surface area contributed by atoms with Crippen molar-refractivity contribution in [2.45, 2.75) is 70.0 Å². The molecule has 0 aliphatic carbocycles. The maximum Gasteiger partial charge on any atom is 0.190 e. The van der Waals surface area contributed by atoms with Crippen LogP contribution in [0.15, 0.2) is 0 Å². The van der Waals surface area contributed by atoms with Crippen molar-refractivity contribution in [2.75, 3.05) is 6.61 Å². The SMILES string of the molecule is CC1(C)OC2O[C@@H](COBr)[C@H]3OC(C)(C)OC3[C@@H]2O1. The molecule has 7 heteroatoms. The Hall–Kier alpha value is 0.240. The zero-order chi connectivity index (χ0) is 13.8. The van der Waals surface area contributed by atoms with E-state index in [0.717, 1.165) is 0 Å². The van der Waals surface area contributed by atoms with Crippen LogP contribution in [0.25, 0.3) is 0 Å². The van der Waals surface area contributed by atoms with Gasteiger partial charge in [0.25, 0.3) is 0 Å². The summed E-state index contributed by atoms with van der Waals surface area (Å²) in [5.74, 6) is -1.34. The zero-order valence-corrected chi connectivity index (χ0v) is 13.0. The summed E-state index contributed by atoms with van der Waals surface area (Å²) in [6.07, 6.45) is -1.45. The van der Waals surface area contributed by atoms with Crippen LogP contribution in [0.5, 0.6) is 0 Å². The van der Waals surface area contributed by atoms with Gasteiger partial charge in [-0.3, -0.25) is 0 Å². The molecule has 0 aromatic carbocycles. The van der Waals surface area contributed by atoms with E-state index in [9.17, 15) is 0 Å². The Kier molecular flexibility index (Phi) is 3.45. The normalized spacial score (nSPS) is 46.9. The summed E-state index contributed by atoms with van der Waals surface area (Å²) in [6.45, 7) is 7.84. The van der Waals surface area contributed by atoms with Gasteiger partial charge < -0.3 is 27.5 Å². The molecule has 3 aliphatic rings. The molecule has 3 heterocycles. The molecule has 110 valence electrons. The second kappa shape index (κ2) is 4.62. The van der Waals surface area contributed by atoms with Crippen LogP contribution in [0.2, 0.25) is 0 Å². The number of rotatable bonds is 2. The molecule has 2 unspecified atom stereocenters. The van der Waals surface area contributed by atoms with E-state index < -0.39 is 17.9 Å². The van der Waals surface area contributed by atoms with Gasteiger partial charge in [0.05, 0.1) is 22.9 Å². The minimum absolute atomic E-state index is 0.219. The van der Waals surface area contributed by atoms with Crippen LogP contribution in [0.3, 0.4) is 0 Å². The average Bonchev–Trinajstić information content (AvgIpc) is 2.74. The lowest BCUT2D eigenvalue weighted by Gasteiger charge is -2.36. The lowest BCUT2D eigenvalue weighted by atomic mass is 9.99. The van der Waals surface area contributed by atoms with Gasteiger partial charge in [-0.15, -0.1) is 0 Å². The van der Waals surface area contributed by atoms with Crippen molar-refractivity contribution >= 4 is 16.3 Å². The molecule has 6 nitrogen and oxygen atoms in total. The van der Waals surface area contributed by atoms with Crippen molar-refractivity contribution in [3.63, 3.8) is 0 Å². The Morgan fingerprint density at radius 3 is 2.16 bits per heavy atom. The summed E-state index contributed by atoms with van der Waals surface area (Å²) < 4.78 is 34.4. The van der Waals surface area contributed by atoms with Crippen LogP contribution in [-0.4, -0.2) is 48.9 Å². The Morgan fingerprint density at radius 2 is 1.47 bits per heavy atom. The first kappa shape index (κ1) is 14.2. The van der Waals surface area contributed by atoms with E-state index in [1.807, 2.05) is 27.7 Å². The van der Waals surface area contributed by atoms with Crippen LogP contribution in [-0.2, 0) is 27.5 Å². The van der Waals surface area contributed by atoms with Gasteiger partial charge in [0, 0.05) is 0 Å². The maximum absolute atomic E-state index is 5.96. The molecule has 0 spiro atoms. The van der Waals surface area contributed by atoms with Crippen molar-refractivity contribution in [1.82, 2.24) is 0 Å². The number of ether oxygens (including phenoxy) is 5. The third-order valence-electron chi connectivity index (χ3n) is 3.48. The van der Waals surface area contributed by atoms with E-state index >= 15 is 0 Å². The lowest BCUT2D eigenvalue weighted by molar-refractivity contribution is -0.237. The molecule has 0 N–H and O–H groups in total. The first-order chi connectivity index (χ1) is 8.81. The average molecular weight is 339 g/mol. The fourth-order valence-corrected chi connectivity index (χ4v) is 3.15. The molecule has 3 fully saturated rings. The second-order valence-corrected chi connectivity index (χ2v) is 6.44. The quantitative estimate of drug-likeness (QED) is 0.764. The highest BCUT2D eigenvalue weighted by Gasteiger charge is 2.60. The van der Waals surface area contributed by atoms with Gasteiger partial charge in [0.15, 0.2) is 17.9 Å². The molecule has 0 amide bonds. The van der Waals surface area contributed by atoms with Gasteiger partial charge in [-0.2, -0.15) is 0 Å². The maximum atomic E-state index is 5.96. The topological polar surface area (TPSA) is 55.4 Å². The minimum Gasteiger partial charge on any atom is -0.342 e. The Balaban J connectivity index is 1.84. The lowest BCUT2D eigenvalue weighted by Crippen LogP contribution is -2.56. The molecular weight excluding hydrogens is 320 g/mol. The monoisotopic (exact) mass is 338 g/mol. The largest absolute Gasteiger partial charge is 0.342 e. The van der Waals surface area contributed by atoms with E-state index in [4.69, 9.17) is 27.5 Å². The second-order valence-electron chi connectivity index (χ2n) is 5.98. The molecule has 0 aromatic rings. The van der Waals surface area contributed by atoms with E-state index in [1.165, 1.54) is 0 Å². The highest BCUT2D eigenvalue weighted by molar-refractivity contribution is 9.06. The number of fused-ring (bicyclic) bond motifs is 3. The summed E-state index contributed by atoms with van der Waals surface area (Å²) in [7, 11) is 0. The van der Waals surface area contributed by atoms with E-state index in [-0.39, 0.29) is 24.4 Å². The van der Waals surface area contributed by atoms with E-state index in [2.05, 4.69) is 16.3 Å². The van der Waals surface area contributed by atoms with E-state index in [1.54, 1.807) is 0 Å². The summed E-state index contributed by atoms with van der Waals surface area (Å²) >= 11 is 2.96. The van der Waals surface area contributed by atoms with E-state index in [0.29, 0.717) is 6.61 Å². The van der Waals surface area contributed by atoms with Crippen molar-refractivity contribution in [2.24, 2.45) is 0 Å². The van der Waals surface area contributed by atoms with Crippen molar-refractivity contribution < 1.29 is 27.5 Å². The number of hydrogen-bond donors (Lipinski definition) is 0. The van der Waals surface area contributed by atoms with Crippen molar-refractivity contribution in [1.29, 1.82) is 0 Å². The van der Waals surface area contributed by atoms with Gasteiger partial charge in [0.2, 0.25) is 0 Å². The van der Waals surface area contributed by atoms with Gasteiger partial charge in [-0.25, -0.2) is 0 Å². The van der Waals surface area contributed by atoms with Crippen molar-refractivity contribution in [3.8, 4) is 0 Å². The fraction of sp³-hybridized carbons (Fsp3) is 1.00. The van der Waals surface area contributed by atoms with Crippen LogP contribution < -0.4 is 0 Å². The highest BCUT2D eigenvalue weighted by atomic mass is 79.9. The van der Waals surface area contributed by atoms with Crippen LogP contribution in [0.1, 0.15) is 27.7 Å². The van der Waals surface area contributed by atoms with Crippen LogP contribution in [0.4, 0.5) is 0 Å². The summed E-state index contributed by atoms with van der Waals surface area (Å²) in [6, 6.07) is 0. The fourth-order valence-electron chi connectivity index (χ4n) is 2.89. The number of halogens is 1. The first-order valence-electron chi connectivity index (χ1n) is 6.42. The van der Waals surface area contributed by atoms with Gasteiger partial charge in [-0.05, 0) is 27.7 Å². The Labute approximate surface area is 121 Å². The van der Waals surface area contributed by atoms with Gasteiger partial charge in [-0.1, -0.05) is 0 Å². The smallest absolute Gasteiger partial charge is 0.190 e.